The molecule has 0 spiro atoms. The summed E-state index contributed by atoms with van der Waals surface area (Å²) in [5.74, 6) is 1.37. The lowest BCUT2D eigenvalue weighted by atomic mass is 10.2. The van der Waals surface area contributed by atoms with Gasteiger partial charge < -0.3 is 4.57 Å². The molecule has 1 heterocycles. The smallest absolute Gasteiger partial charge is 0.123 e. The predicted octanol–water partition coefficient (Wildman–Crippen LogP) is 2.67. The van der Waals surface area contributed by atoms with Crippen molar-refractivity contribution in [3.63, 3.8) is 0 Å². The van der Waals surface area contributed by atoms with Crippen molar-refractivity contribution in [2.45, 2.75) is 12.4 Å². The van der Waals surface area contributed by atoms with Crippen molar-refractivity contribution in [1.29, 1.82) is 0 Å². The molecular weight excluding hydrogens is 196 g/mol. The van der Waals surface area contributed by atoms with Gasteiger partial charge >= 0.3 is 0 Å². The van der Waals surface area contributed by atoms with Gasteiger partial charge in [0, 0.05) is 18.9 Å². The third-order valence-corrected chi connectivity index (χ3v) is 2.36. The summed E-state index contributed by atoms with van der Waals surface area (Å²) in [7, 11) is 0. The third kappa shape index (κ3) is 1.96. The summed E-state index contributed by atoms with van der Waals surface area (Å²) >= 11 is 5.76. The van der Waals surface area contributed by atoms with Gasteiger partial charge in [0.15, 0.2) is 0 Å². The number of halogens is 1. The molecule has 14 heavy (non-hydrogen) atoms. The molecule has 0 aliphatic carbocycles. The fraction of sp³-hybridized carbons (Fsp3) is 0.182. The highest BCUT2D eigenvalue weighted by Crippen LogP contribution is 2.06. The lowest BCUT2D eigenvalue weighted by Crippen LogP contribution is -2.02. The monoisotopic (exact) mass is 206 g/mol. The number of benzene rings is 1. The van der Waals surface area contributed by atoms with E-state index in [0.717, 1.165) is 12.4 Å². The van der Waals surface area contributed by atoms with E-state index in [2.05, 4.69) is 21.7 Å². The molecule has 72 valence electrons. The van der Waals surface area contributed by atoms with Gasteiger partial charge in [-0.15, -0.1) is 11.6 Å². The fourth-order valence-electron chi connectivity index (χ4n) is 1.40. The summed E-state index contributed by atoms with van der Waals surface area (Å²) in [5.41, 5.74) is 1.26. The van der Waals surface area contributed by atoms with Crippen LogP contribution < -0.4 is 0 Å². The molecule has 0 fully saturated rings. The highest BCUT2D eigenvalue weighted by atomic mass is 35.5. The minimum atomic E-state index is 0.458. The van der Waals surface area contributed by atoms with Crippen molar-refractivity contribution in [3.8, 4) is 0 Å². The van der Waals surface area contributed by atoms with E-state index < -0.39 is 0 Å². The minimum Gasteiger partial charge on any atom is -0.330 e. The van der Waals surface area contributed by atoms with E-state index in [9.17, 15) is 0 Å². The summed E-state index contributed by atoms with van der Waals surface area (Å²) < 4.78 is 2.06. The third-order valence-electron chi connectivity index (χ3n) is 2.12. The molecule has 0 amide bonds. The molecule has 0 bridgehead atoms. The maximum absolute atomic E-state index is 5.76. The van der Waals surface area contributed by atoms with Gasteiger partial charge in [-0.3, -0.25) is 0 Å². The number of aromatic nitrogens is 2. The molecule has 3 heteroatoms. The first-order valence-electron chi connectivity index (χ1n) is 4.50. The molecule has 1 aromatic carbocycles. The number of alkyl halides is 1. The van der Waals surface area contributed by atoms with Gasteiger partial charge in [0.1, 0.15) is 5.82 Å². The molecule has 0 N–H and O–H groups in total. The van der Waals surface area contributed by atoms with Crippen LogP contribution >= 0.6 is 11.6 Å². The lowest BCUT2D eigenvalue weighted by molar-refractivity contribution is 0.755. The van der Waals surface area contributed by atoms with Gasteiger partial charge in [0.2, 0.25) is 0 Å². The molecule has 2 nitrogen and oxygen atoms in total. The van der Waals surface area contributed by atoms with E-state index in [1.807, 2.05) is 24.4 Å². The number of imidazole rings is 1. The second-order valence-electron chi connectivity index (χ2n) is 3.09. The standard InChI is InChI=1S/C11H11ClN2/c12-8-11-13-6-7-14(11)9-10-4-2-1-3-5-10/h1-7H,8-9H2. The quantitative estimate of drug-likeness (QED) is 0.707. The Kier molecular flexibility index (Phi) is 2.84. The molecule has 2 rings (SSSR count). The average Bonchev–Trinajstić information content (AvgIpc) is 2.67. The van der Waals surface area contributed by atoms with Crippen LogP contribution in [0.3, 0.4) is 0 Å². The Hall–Kier alpha value is -1.28. The van der Waals surface area contributed by atoms with Gasteiger partial charge in [-0.05, 0) is 5.56 Å². The van der Waals surface area contributed by atoms with E-state index in [4.69, 9.17) is 11.6 Å². The zero-order valence-corrected chi connectivity index (χ0v) is 8.48. The van der Waals surface area contributed by atoms with Gasteiger partial charge in [0.05, 0.1) is 5.88 Å². The first-order valence-corrected chi connectivity index (χ1v) is 5.03. The van der Waals surface area contributed by atoms with Gasteiger partial charge in [-0.25, -0.2) is 4.98 Å². The van der Waals surface area contributed by atoms with Crippen LogP contribution in [0.1, 0.15) is 11.4 Å². The van der Waals surface area contributed by atoms with E-state index in [1.54, 1.807) is 6.20 Å². The SMILES string of the molecule is ClCc1nccn1Cc1ccccc1. The van der Waals surface area contributed by atoms with Gasteiger partial charge in [-0.1, -0.05) is 30.3 Å². The molecule has 0 aliphatic heterocycles. The Balaban J connectivity index is 2.19. The Morgan fingerprint density at radius 2 is 2.00 bits per heavy atom. The molecule has 2 aromatic rings. The van der Waals surface area contributed by atoms with Gasteiger partial charge in [-0.2, -0.15) is 0 Å². The average molecular weight is 207 g/mol. The topological polar surface area (TPSA) is 17.8 Å². The Labute approximate surface area is 88.2 Å². The number of hydrogen-bond acceptors (Lipinski definition) is 1. The normalized spacial score (nSPS) is 10.4. The summed E-state index contributed by atoms with van der Waals surface area (Å²) in [6.07, 6.45) is 3.73. The predicted molar refractivity (Wildman–Crippen MR) is 57.3 cm³/mol. The van der Waals surface area contributed by atoms with Gasteiger partial charge in [0.25, 0.3) is 0 Å². The molecule has 0 radical (unpaired) electrons. The van der Waals surface area contributed by atoms with E-state index in [-0.39, 0.29) is 0 Å². The zero-order chi connectivity index (χ0) is 9.80. The van der Waals surface area contributed by atoms with Crippen molar-refractivity contribution in [3.05, 3.63) is 54.1 Å². The second kappa shape index (κ2) is 4.29. The van der Waals surface area contributed by atoms with Crippen molar-refractivity contribution in [2.75, 3.05) is 0 Å². The molecule has 0 saturated carbocycles. The van der Waals surface area contributed by atoms with Crippen molar-refractivity contribution in [1.82, 2.24) is 9.55 Å². The summed E-state index contributed by atoms with van der Waals surface area (Å²) in [6.45, 7) is 0.836. The Morgan fingerprint density at radius 3 is 2.71 bits per heavy atom. The molecule has 1 aromatic heterocycles. The van der Waals surface area contributed by atoms with Crippen LogP contribution in [0, 0.1) is 0 Å². The van der Waals surface area contributed by atoms with Crippen LogP contribution in [0.2, 0.25) is 0 Å². The van der Waals surface area contributed by atoms with Crippen LogP contribution in [0.25, 0.3) is 0 Å². The van der Waals surface area contributed by atoms with Crippen molar-refractivity contribution in [2.24, 2.45) is 0 Å². The summed E-state index contributed by atoms with van der Waals surface area (Å²) in [6, 6.07) is 10.3. The summed E-state index contributed by atoms with van der Waals surface area (Å²) in [4.78, 5) is 4.16. The second-order valence-corrected chi connectivity index (χ2v) is 3.36. The molecule has 0 saturated heterocycles. The van der Waals surface area contributed by atoms with E-state index in [1.165, 1.54) is 5.56 Å². The lowest BCUT2D eigenvalue weighted by Gasteiger charge is -2.05. The van der Waals surface area contributed by atoms with Crippen molar-refractivity contribution >= 4 is 11.6 Å². The Morgan fingerprint density at radius 1 is 1.21 bits per heavy atom. The molecular formula is C11H11ClN2. The van der Waals surface area contributed by atoms with Crippen LogP contribution in [0.5, 0.6) is 0 Å². The van der Waals surface area contributed by atoms with E-state index >= 15 is 0 Å². The molecule has 0 aliphatic rings. The van der Waals surface area contributed by atoms with Crippen LogP contribution in [0.4, 0.5) is 0 Å². The number of rotatable bonds is 3. The highest BCUT2D eigenvalue weighted by Gasteiger charge is 2.00. The van der Waals surface area contributed by atoms with E-state index in [0.29, 0.717) is 5.88 Å². The minimum absolute atomic E-state index is 0.458. The number of hydrogen-bond donors (Lipinski definition) is 0. The largest absolute Gasteiger partial charge is 0.330 e. The fourth-order valence-corrected chi connectivity index (χ4v) is 1.62. The van der Waals surface area contributed by atoms with Crippen molar-refractivity contribution < 1.29 is 0 Å². The number of nitrogens with zero attached hydrogens (tertiary/aromatic N) is 2. The highest BCUT2D eigenvalue weighted by molar-refractivity contribution is 6.16. The van der Waals surface area contributed by atoms with Crippen LogP contribution in [-0.2, 0) is 12.4 Å². The maximum Gasteiger partial charge on any atom is 0.123 e. The molecule has 0 unspecified atom stereocenters. The van der Waals surface area contributed by atoms with Crippen LogP contribution in [-0.4, -0.2) is 9.55 Å². The first-order chi connectivity index (χ1) is 6.90. The Bertz CT molecular complexity index is 395. The maximum atomic E-state index is 5.76. The zero-order valence-electron chi connectivity index (χ0n) is 7.73. The van der Waals surface area contributed by atoms with Crippen LogP contribution in [0.15, 0.2) is 42.7 Å². The molecule has 0 atom stereocenters. The first kappa shape index (κ1) is 9.28. The summed E-state index contributed by atoms with van der Waals surface area (Å²) in [5, 5.41) is 0.